The number of nitrogens with one attached hydrogen (secondary N) is 1. The van der Waals surface area contributed by atoms with E-state index < -0.39 is 0 Å². The molecule has 108 valence electrons. The SMILES string of the molecule is Cn1cc(C(=O)N[C@@H]2CCc3c(Br)cccc32)ccc1=O. The first-order valence-corrected chi connectivity index (χ1v) is 7.60. The zero-order valence-corrected chi connectivity index (χ0v) is 13.2. The predicted molar refractivity (Wildman–Crippen MR) is 84.4 cm³/mol. The fourth-order valence-corrected chi connectivity index (χ4v) is 3.31. The maximum atomic E-state index is 12.3. The number of aryl methyl sites for hydroxylation is 1. The van der Waals surface area contributed by atoms with Crippen LogP contribution in [0.15, 0.2) is 45.8 Å². The molecule has 0 bridgehead atoms. The largest absolute Gasteiger partial charge is 0.345 e. The molecular formula is C16H15BrN2O2. The predicted octanol–water partition coefficient (Wildman–Crippen LogP) is 2.57. The fourth-order valence-electron chi connectivity index (χ4n) is 2.73. The van der Waals surface area contributed by atoms with Crippen LogP contribution < -0.4 is 10.9 Å². The van der Waals surface area contributed by atoms with Crippen LogP contribution in [0, 0.1) is 0 Å². The molecular weight excluding hydrogens is 332 g/mol. The van der Waals surface area contributed by atoms with E-state index in [9.17, 15) is 9.59 Å². The van der Waals surface area contributed by atoms with Crippen LogP contribution in [0.4, 0.5) is 0 Å². The number of rotatable bonds is 2. The van der Waals surface area contributed by atoms with Crippen molar-refractivity contribution in [3.05, 3.63) is 68.0 Å². The molecule has 0 saturated heterocycles. The van der Waals surface area contributed by atoms with E-state index in [0.29, 0.717) is 5.56 Å². The summed E-state index contributed by atoms with van der Waals surface area (Å²) in [5.41, 5.74) is 2.81. The number of carbonyl (C=O) groups excluding carboxylic acids is 1. The molecule has 21 heavy (non-hydrogen) atoms. The molecule has 1 N–H and O–H groups in total. The standard InChI is InChI=1S/C16H15BrN2O2/c1-19-9-10(5-8-15(19)20)16(21)18-14-7-6-11-12(14)3-2-4-13(11)17/h2-5,8-9,14H,6-7H2,1H3,(H,18,21)/t14-/m1/s1. The Labute approximate surface area is 130 Å². The maximum absolute atomic E-state index is 12.3. The van der Waals surface area contributed by atoms with Crippen LogP contribution in [0.2, 0.25) is 0 Å². The average Bonchev–Trinajstić information content (AvgIpc) is 2.86. The molecule has 1 aliphatic rings. The van der Waals surface area contributed by atoms with E-state index in [1.807, 2.05) is 12.1 Å². The summed E-state index contributed by atoms with van der Waals surface area (Å²) in [6, 6.07) is 9.07. The van der Waals surface area contributed by atoms with E-state index in [4.69, 9.17) is 0 Å². The molecule has 1 aromatic carbocycles. The van der Waals surface area contributed by atoms with Crippen molar-refractivity contribution >= 4 is 21.8 Å². The van der Waals surface area contributed by atoms with Crippen LogP contribution in [-0.4, -0.2) is 10.5 Å². The molecule has 1 atom stereocenters. The third-order valence-electron chi connectivity index (χ3n) is 3.87. The van der Waals surface area contributed by atoms with Crippen LogP contribution in [0.25, 0.3) is 0 Å². The number of amides is 1. The van der Waals surface area contributed by atoms with Crippen LogP contribution in [0.5, 0.6) is 0 Å². The summed E-state index contributed by atoms with van der Waals surface area (Å²) in [7, 11) is 1.64. The van der Waals surface area contributed by atoms with Gasteiger partial charge < -0.3 is 9.88 Å². The van der Waals surface area contributed by atoms with E-state index in [2.05, 4.69) is 27.3 Å². The van der Waals surface area contributed by atoms with Gasteiger partial charge in [-0.15, -0.1) is 0 Å². The summed E-state index contributed by atoms with van der Waals surface area (Å²) >= 11 is 3.55. The Morgan fingerprint density at radius 1 is 1.33 bits per heavy atom. The lowest BCUT2D eigenvalue weighted by molar-refractivity contribution is 0.0936. The number of benzene rings is 1. The van der Waals surface area contributed by atoms with Gasteiger partial charge >= 0.3 is 0 Å². The Kier molecular flexibility index (Phi) is 3.68. The molecule has 1 amide bonds. The molecule has 0 spiro atoms. The summed E-state index contributed by atoms with van der Waals surface area (Å²) in [4.78, 5) is 23.7. The molecule has 0 aliphatic heterocycles. The van der Waals surface area contributed by atoms with Crippen molar-refractivity contribution in [3.63, 3.8) is 0 Å². The third-order valence-corrected chi connectivity index (χ3v) is 4.61. The molecule has 0 fully saturated rings. The minimum atomic E-state index is -0.150. The zero-order chi connectivity index (χ0) is 15.0. The molecule has 1 aromatic heterocycles. The molecule has 4 nitrogen and oxygen atoms in total. The van der Waals surface area contributed by atoms with E-state index in [1.165, 1.54) is 21.8 Å². The van der Waals surface area contributed by atoms with E-state index in [-0.39, 0.29) is 17.5 Å². The van der Waals surface area contributed by atoms with Crippen LogP contribution in [0.1, 0.15) is 33.9 Å². The number of hydrogen-bond acceptors (Lipinski definition) is 2. The van der Waals surface area contributed by atoms with E-state index in [0.717, 1.165) is 17.3 Å². The molecule has 5 heteroatoms. The highest BCUT2D eigenvalue weighted by molar-refractivity contribution is 9.10. The van der Waals surface area contributed by atoms with E-state index in [1.54, 1.807) is 19.3 Å². The van der Waals surface area contributed by atoms with Gasteiger partial charge in [0.25, 0.3) is 5.91 Å². The van der Waals surface area contributed by atoms with Crippen LogP contribution in [0.3, 0.4) is 0 Å². The highest BCUT2D eigenvalue weighted by Gasteiger charge is 2.25. The number of pyridine rings is 1. The summed E-state index contributed by atoms with van der Waals surface area (Å²) < 4.78 is 2.51. The molecule has 0 unspecified atom stereocenters. The molecule has 0 saturated carbocycles. The lowest BCUT2D eigenvalue weighted by Crippen LogP contribution is -2.28. The Balaban J connectivity index is 1.82. The quantitative estimate of drug-likeness (QED) is 0.908. The van der Waals surface area contributed by atoms with Crippen molar-refractivity contribution < 1.29 is 4.79 Å². The van der Waals surface area contributed by atoms with E-state index >= 15 is 0 Å². The third kappa shape index (κ3) is 2.65. The minimum Gasteiger partial charge on any atom is -0.345 e. The van der Waals surface area contributed by atoms with Crippen molar-refractivity contribution in [2.75, 3.05) is 0 Å². The summed E-state index contributed by atoms with van der Waals surface area (Å²) in [5, 5.41) is 3.05. The molecule has 1 heterocycles. The Morgan fingerprint density at radius 2 is 2.14 bits per heavy atom. The zero-order valence-electron chi connectivity index (χ0n) is 11.6. The molecule has 3 rings (SSSR count). The first kappa shape index (κ1) is 14.1. The first-order chi connectivity index (χ1) is 10.1. The summed E-state index contributed by atoms with van der Waals surface area (Å²) in [6.45, 7) is 0. The number of carbonyl (C=O) groups is 1. The number of nitrogens with zero attached hydrogens (tertiary/aromatic N) is 1. The Morgan fingerprint density at radius 3 is 2.90 bits per heavy atom. The topological polar surface area (TPSA) is 51.1 Å². The highest BCUT2D eigenvalue weighted by Crippen LogP contribution is 2.35. The molecule has 2 aromatic rings. The van der Waals surface area contributed by atoms with Gasteiger partial charge in [0.2, 0.25) is 5.56 Å². The molecule has 0 radical (unpaired) electrons. The van der Waals surface area contributed by atoms with Gasteiger partial charge in [0.05, 0.1) is 11.6 Å². The smallest absolute Gasteiger partial charge is 0.253 e. The van der Waals surface area contributed by atoms with Gasteiger partial charge in [-0.2, -0.15) is 0 Å². The van der Waals surface area contributed by atoms with Crippen molar-refractivity contribution in [2.24, 2.45) is 7.05 Å². The number of halogens is 1. The maximum Gasteiger partial charge on any atom is 0.253 e. The van der Waals surface area contributed by atoms with Gasteiger partial charge in [-0.05, 0) is 36.1 Å². The first-order valence-electron chi connectivity index (χ1n) is 6.81. The second kappa shape index (κ2) is 5.48. The summed E-state index contributed by atoms with van der Waals surface area (Å²) in [5.74, 6) is -0.150. The van der Waals surface area contributed by atoms with Gasteiger partial charge in [-0.3, -0.25) is 9.59 Å². The highest BCUT2D eigenvalue weighted by atomic mass is 79.9. The summed E-state index contributed by atoms with van der Waals surface area (Å²) in [6.07, 6.45) is 3.42. The van der Waals surface area contributed by atoms with Gasteiger partial charge in [0.15, 0.2) is 0 Å². The second-order valence-electron chi connectivity index (χ2n) is 5.24. The van der Waals surface area contributed by atoms with Crippen molar-refractivity contribution in [3.8, 4) is 0 Å². The lowest BCUT2D eigenvalue weighted by atomic mass is 10.1. The Bertz CT molecular complexity index is 767. The van der Waals surface area contributed by atoms with Gasteiger partial charge in [-0.25, -0.2) is 0 Å². The second-order valence-corrected chi connectivity index (χ2v) is 6.09. The minimum absolute atomic E-state index is 0.0298. The van der Waals surface area contributed by atoms with Crippen LogP contribution in [-0.2, 0) is 13.5 Å². The number of fused-ring (bicyclic) bond motifs is 1. The lowest BCUT2D eigenvalue weighted by Gasteiger charge is -2.14. The normalized spacial score (nSPS) is 16.6. The van der Waals surface area contributed by atoms with Crippen LogP contribution >= 0.6 is 15.9 Å². The fraction of sp³-hybridized carbons (Fsp3) is 0.250. The van der Waals surface area contributed by atoms with Crippen molar-refractivity contribution in [2.45, 2.75) is 18.9 Å². The van der Waals surface area contributed by atoms with Crippen molar-refractivity contribution in [1.29, 1.82) is 0 Å². The van der Waals surface area contributed by atoms with Gasteiger partial charge in [0.1, 0.15) is 0 Å². The van der Waals surface area contributed by atoms with Gasteiger partial charge in [0, 0.05) is 23.8 Å². The average molecular weight is 347 g/mol. The van der Waals surface area contributed by atoms with Crippen molar-refractivity contribution in [1.82, 2.24) is 9.88 Å². The molecule has 1 aliphatic carbocycles. The monoisotopic (exact) mass is 346 g/mol. The van der Waals surface area contributed by atoms with Gasteiger partial charge in [-0.1, -0.05) is 28.1 Å². The Hall–Kier alpha value is -1.88. The number of hydrogen-bond donors (Lipinski definition) is 1. The number of aromatic nitrogens is 1.